The third-order valence-corrected chi connectivity index (χ3v) is 5.13. The molecular weight excluding hydrogens is 364 g/mol. The van der Waals surface area contributed by atoms with Gasteiger partial charge in [0.2, 0.25) is 0 Å². The van der Waals surface area contributed by atoms with Crippen LogP contribution in [-0.4, -0.2) is 8.42 Å². The van der Waals surface area contributed by atoms with Gasteiger partial charge in [0.15, 0.2) is 0 Å². The molecule has 22 heavy (non-hydrogen) atoms. The van der Waals surface area contributed by atoms with Gasteiger partial charge in [-0.25, -0.2) is 8.42 Å². The Morgan fingerprint density at radius 3 is 2.23 bits per heavy atom. The summed E-state index contributed by atoms with van der Waals surface area (Å²) in [5.41, 5.74) is 7.68. The molecule has 0 radical (unpaired) electrons. The monoisotopic (exact) mass is 382 g/mol. The van der Waals surface area contributed by atoms with E-state index in [1.807, 2.05) is 32.9 Å². The molecule has 0 aliphatic heterocycles. The molecule has 0 amide bonds. The Labute approximate surface area is 139 Å². The predicted molar refractivity (Wildman–Crippen MR) is 93.3 cm³/mol. The molecule has 118 valence electrons. The number of nitrogens with one attached hydrogen (secondary N) is 1. The fourth-order valence-electron chi connectivity index (χ4n) is 2.08. The topological polar surface area (TPSA) is 72.2 Å². The Morgan fingerprint density at radius 2 is 1.68 bits per heavy atom. The molecule has 0 aliphatic rings. The maximum Gasteiger partial charge on any atom is 0.261 e. The molecule has 0 aromatic heterocycles. The van der Waals surface area contributed by atoms with Crippen LogP contribution >= 0.6 is 15.9 Å². The van der Waals surface area contributed by atoms with Crippen LogP contribution in [0.3, 0.4) is 0 Å². The normalized spacial score (nSPS) is 12.2. The van der Waals surface area contributed by atoms with Crippen molar-refractivity contribution in [2.24, 2.45) is 5.73 Å². The summed E-state index contributed by atoms with van der Waals surface area (Å²) >= 11 is 3.36. The van der Waals surface area contributed by atoms with Crippen molar-refractivity contribution in [2.45, 2.75) is 31.2 Å². The van der Waals surface area contributed by atoms with Crippen molar-refractivity contribution in [2.75, 3.05) is 4.72 Å². The number of halogens is 1. The molecule has 4 nitrogen and oxygen atoms in total. The van der Waals surface area contributed by atoms with Crippen molar-refractivity contribution in [3.8, 4) is 0 Å². The smallest absolute Gasteiger partial charge is 0.261 e. The molecule has 0 atom stereocenters. The first-order chi connectivity index (χ1) is 10.1. The number of hydrogen-bond acceptors (Lipinski definition) is 3. The molecule has 0 saturated heterocycles. The van der Waals surface area contributed by atoms with Crippen molar-refractivity contribution in [3.63, 3.8) is 0 Å². The minimum atomic E-state index is -3.66. The van der Waals surface area contributed by atoms with E-state index in [1.54, 1.807) is 30.3 Å². The summed E-state index contributed by atoms with van der Waals surface area (Å²) in [6.07, 6.45) is 0. The second-order valence-corrected chi connectivity index (χ2v) is 8.43. The first kappa shape index (κ1) is 17.0. The Hall–Kier alpha value is -1.37. The van der Waals surface area contributed by atoms with Crippen molar-refractivity contribution in [1.82, 2.24) is 0 Å². The molecule has 0 unspecified atom stereocenters. The fourth-order valence-corrected chi connectivity index (χ4v) is 3.52. The van der Waals surface area contributed by atoms with Crippen LogP contribution in [0.5, 0.6) is 0 Å². The van der Waals surface area contributed by atoms with E-state index in [2.05, 4.69) is 20.7 Å². The highest BCUT2D eigenvalue weighted by atomic mass is 79.9. The summed E-state index contributed by atoms with van der Waals surface area (Å²) in [6, 6.07) is 12.1. The Bertz CT molecular complexity index is 779. The Balaban J connectivity index is 2.46. The highest BCUT2D eigenvalue weighted by Gasteiger charge is 2.22. The number of aryl methyl sites for hydroxylation is 1. The van der Waals surface area contributed by atoms with Gasteiger partial charge in [0, 0.05) is 10.0 Å². The zero-order valence-corrected chi connectivity index (χ0v) is 15.1. The van der Waals surface area contributed by atoms with Crippen LogP contribution in [0, 0.1) is 6.92 Å². The van der Waals surface area contributed by atoms with Gasteiger partial charge >= 0.3 is 0 Å². The number of hydrogen-bond donors (Lipinski definition) is 2. The largest absolute Gasteiger partial charge is 0.322 e. The lowest BCUT2D eigenvalue weighted by molar-refractivity contribution is 0.556. The van der Waals surface area contributed by atoms with Crippen molar-refractivity contribution < 1.29 is 8.42 Å². The summed E-state index contributed by atoms with van der Waals surface area (Å²) in [7, 11) is -3.66. The standard InChI is InChI=1S/C16H19BrN2O2S/c1-11-4-7-13(8-5-11)22(20,21)19-15-10-12(17)6-9-14(15)16(2,3)18/h4-10,19H,18H2,1-3H3. The van der Waals surface area contributed by atoms with Gasteiger partial charge in [-0.15, -0.1) is 0 Å². The van der Waals surface area contributed by atoms with Gasteiger partial charge in [-0.1, -0.05) is 39.7 Å². The maximum absolute atomic E-state index is 12.5. The first-order valence-electron chi connectivity index (χ1n) is 6.78. The second-order valence-electron chi connectivity index (χ2n) is 5.83. The highest BCUT2D eigenvalue weighted by molar-refractivity contribution is 9.10. The van der Waals surface area contributed by atoms with Gasteiger partial charge in [-0.3, -0.25) is 4.72 Å². The third-order valence-electron chi connectivity index (χ3n) is 3.25. The van der Waals surface area contributed by atoms with Crippen LogP contribution in [0.25, 0.3) is 0 Å². The van der Waals surface area contributed by atoms with Crippen LogP contribution in [-0.2, 0) is 15.6 Å². The van der Waals surface area contributed by atoms with Crippen LogP contribution in [0.4, 0.5) is 5.69 Å². The molecule has 0 heterocycles. The lowest BCUT2D eigenvalue weighted by Crippen LogP contribution is -2.30. The van der Waals surface area contributed by atoms with Gasteiger partial charge in [0.1, 0.15) is 0 Å². The zero-order valence-electron chi connectivity index (χ0n) is 12.7. The minimum Gasteiger partial charge on any atom is -0.322 e. The highest BCUT2D eigenvalue weighted by Crippen LogP contribution is 2.30. The molecule has 0 bridgehead atoms. The van der Waals surface area contributed by atoms with E-state index in [0.29, 0.717) is 5.69 Å². The minimum absolute atomic E-state index is 0.221. The molecule has 0 spiro atoms. The van der Waals surface area contributed by atoms with Crippen LogP contribution in [0.15, 0.2) is 51.8 Å². The number of anilines is 1. The van der Waals surface area contributed by atoms with E-state index in [4.69, 9.17) is 5.73 Å². The summed E-state index contributed by atoms with van der Waals surface area (Å²) in [5, 5.41) is 0. The summed E-state index contributed by atoms with van der Waals surface area (Å²) in [5.74, 6) is 0. The molecule has 2 rings (SSSR count). The molecular formula is C16H19BrN2O2S. The second kappa shape index (κ2) is 6.02. The number of benzene rings is 2. The Morgan fingerprint density at radius 1 is 1.09 bits per heavy atom. The molecule has 2 aromatic rings. The van der Waals surface area contributed by atoms with Crippen molar-refractivity contribution in [1.29, 1.82) is 0 Å². The molecule has 0 aliphatic carbocycles. The van der Waals surface area contributed by atoms with E-state index in [-0.39, 0.29) is 4.90 Å². The average Bonchev–Trinajstić information content (AvgIpc) is 2.37. The fraction of sp³-hybridized carbons (Fsp3) is 0.250. The van der Waals surface area contributed by atoms with Crippen LogP contribution in [0.1, 0.15) is 25.0 Å². The summed E-state index contributed by atoms with van der Waals surface area (Å²) in [4.78, 5) is 0.221. The quantitative estimate of drug-likeness (QED) is 0.845. The lowest BCUT2D eigenvalue weighted by Gasteiger charge is -2.23. The van der Waals surface area contributed by atoms with E-state index < -0.39 is 15.6 Å². The van der Waals surface area contributed by atoms with Gasteiger partial charge in [-0.05, 0) is 50.6 Å². The predicted octanol–water partition coefficient (Wildman–Crippen LogP) is 3.75. The number of nitrogens with two attached hydrogens (primary N) is 1. The molecule has 3 N–H and O–H groups in total. The van der Waals surface area contributed by atoms with E-state index >= 15 is 0 Å². The summed E-state index contributed by atoms with van der Waals surface area (Å²) in [6.45, 7) is 5.58. The maximum atomic E-state index is 12.5. The summed E-state index contributed by atoms with van der Waals surface area (Å²) < 4.78 is 28.5. The van der Waals surface area contributed by atoms with Gasteiger partial charge in [0.25, 0.3) is 10.0 Å². The molecule has 6 heteroatoms. The van der Waals surface area contributed by atoms with Crippen LogP contribution < -0.4 is 10.5 Å². The SMILES string of the molecule is Cc1ccc(S(=O)(=O)Nc2cc(Br)ccc2C(C)(C)N)cc1. The lowest BCUT2D eigenvalue weighted by atomic mass is 9.94. The molecule has 0 fully saturated rings. The first-order valence-corrected chi connectivity index (χ1v) is 9.05. The van der Waals surface area contributed by atoms with Gasteiger partial charge < -0.3 is 5.73 Å². The Kier molecular flexibility index (Phi) is 4.65. The van der Waals surface area contributed by atoms with Gasteiger partial charge in [-0.2, -0.15) is 0 Å². The third kappa shape index (κ3) is 3.88. The van der Waals surface area contributed by atoms with E-state index in [9.17, 15) is 8.42 Å². The number of rotatable bonds is 4. The average molecular weight is 383 g/mol. The van der Waals surface area contributed by atoms with E-state index in [1.165, 1.54) is 0 Å². The van der Waals surface area contributed by atoms with E-state index in [0.717, 1.165) is 15.6 Å². The van der Waals surface area contributed by atoms with Crippen LogP contribution in [0.2, 0.25) is 0 Å². The molecule has 0 saturated carbocycles. The molecule has 2 aromatic carbocycles. The van der Waals surface area contributed by atoms with Gasteiger partial charge in [0.05, 0.1) is 10.6 Å². The zero-order chi connectivity index (χ0) is 16.5. The number of sulfonamides is 1. The van der Waals surface area contributed by atoms with Crippen molar-refractivity contribution in [3.05, 3.63) is 58.1 Å². The van der Waals surface area contributed by atoms with Crippen molar-refractivity contribution >= 4 is 31.6 Å².